The van der Waals surface area contributed by atoms with E-state index >= 15 is 0 Å². The number of para-hydroxylation sites is 1. The van der Waals surface area contributed by atoms with Gasteiger partial charge in [0.25, 0.3) is 0 Å². The minimum atomic E-state index is -4.09. The van der Waals surface area contributed by atoms with Crippen LogP contribution >= 0.6 is 0 Å². The van der Waals surface area contributed by atoms with Crippen LogP contribution in [0.15, 0.2) is 29.3 Å². The van der Waals surface area contributed by atoms with Gasteiger partial charge >= 0.3 is 6.61 Å². The van der Waals surface area contributed by atoms with E-state index in [4.69, 9.17) is 5.26 Å². The number of nitrogens with zero attached hydrogens (tertiary/aromatic N) is 2. The molecular weight excluding hydrogens is 434 g/mol. The van der Waals surface area contributed by atoms with E-state index in [1.807, 2.05) is 4.72 Å². The van der Waals surface area contributed by atoms with E-state index in [1.165, 1.54) is 24.3 Å². The first-order valence-corrected chi connectivity index (χ1v) is 11.5. The van der Waals surface area contributed by atoms with Gasteiger partial charge in [0.2, 0.25) is 15.9 Å². The van der Waals surface area contributed by atoms with Crippen molar-refractivity contribution in [2.45, 2.75) is 18.4 Å². The van der Waals surface area contributed by atoms with Crippen LogP contribution in [0.25, 0.3) is 0 Å². The lowest BCUT2D eigenvalue weighted by atomic mass is 10.2. The van der Waals surface area contributed by atoms with E-state index in [0.717, 1.165) is 6.26 Å². The zero-order valence-corrected chi connectivity index (χ0v) is 16.7. The van der Waals surface area contributed by atoms with Crippen molar-refractivity contribution < 1.29 is 35.1 Å². The quantitative estimate of drug-likeness (QED) is 0.267. The van der Waals surface area contributed by atoms with E-state index in [1.54, 1.807) is 6.07 Å². The van der Waals surface area contributed by atoms with Gasteiger partial charge in [-0.25, -0.2) is 16.8 Å². The molecule has 14 heteroatoms. The summed E-state index contributed by atoms with van der Waals surface area (Å²) in [4.78, 5) is 15.7. The minimum Gasteiger partial charge on any atom is -0.435 e. The smallest absolute Gasteiger partial charge is 0.387 e. The fourth-order valence-electron chi connectivity index (χ4n) is 2.02. The third-order valence-electron chi connectivity index (χ3n) is 3.14. The summed E-state index contributed by atoms with van der Waals surface area (Å²) in [5.74, 6) is -2.86. The van der Waals surface area contributed by atoms with Crippen molar-refractivity contribution in [2.75, 3.05) is 18.6 Å². The van der Waals surface area contributed by atoms with Gasteiger partial charge in [0.1, 0.15) is 18.3 Å². The molecule has 0 unspecified atom stereocenters. The average molecular weight is 452 g/mol. The Morgan fingerprint density at radius 1 is 1.31 bits per heavy atom. The molecule has 0 saturated carbocycles. The highest BCUT2D eigenvalue weighted by Crippen LogP contribution is 2.23. The third kappa shape index (κ3) is 9.81. The van der Waals surface area contributed by atoms with Crippen molar-refractivity contribution >= 4 is 32.1 Å². The number of rotatable bonds is 11. The SMILES string of the molecule is CS(=O)(=O)NC=N[C@@H](CS(=O)(=O)Cc1ccccc1OC(F)F)C(=O)NCC#N. The molecule has 0 fully saturated rings. The molecule has 0 radical (unpaired) electrons. The van der Waals surface area contributed by atoms with E-state index < -0.39 is 56.5 Å². The Balaban J connectivity index is 3.04. The lowest BCUT2D eigenvalue weighted by Crippen LogP contribution is -2.39. The molecule has 0 aliphatic rings. The third-order valence-corrected chi connectivity index (χ3v) is 5.25. The van der Waals surface area contributed by atoms with Gasteiger partial charge in [-0.2, -0.15) is 14.0 Å². The minimum absolute atomic E-state index is 0.0535. The Hall–Kier alpha value is -2.79. The molecule has 0 aliphatic carbocycles. The second-order valence-corrected chi connectivity index (χ2v) is 9.49. The summed E-state index contributed by atoms with van der Waals surface area (Å²) in [7, 11) is -7.78. The number of sulfonamides is 1. The van der Waals surface area contributed by atoms with E-state index in [-0.39, 0.29) is 11.3 Å². The van der Waals surface area contributed by atoms with Crippen molar-refractivity contribution in [1.82, 2.24) is 10.0 Å². The van der Waals surface area contributed by atoms with Gasteiger partial charge in [0.15, 0.2) is 9.84 Å². The maximum Gasteiger partial charge on any atom is 0.387 e. The van der Waals surface area contributed by atoms with Crippen LogP contribution in [-0.4, -0.2) is 60.3 Å². The normalized spacial score (nSPS) is 13.1. The number of halogens is 2. The number of nitrogens with one attached hydrogen (secondary N) is 2. The Kier molecular flexibility index (Phi) is 8.92. The molecule has 29 heavy (non-hydrogen) atoms. The van der Waals surface area contributed by atoms with Crippen LogP contribution in [0.1, 0.15) is 5.56 Å². The number of benzene rings is 1. The second-order valence-electron chi connectivity index (χ2n) is 5.60. The highest BCUT2D eigenvalue weighted by atomic mass is 32.2. The molecule has 0 heterocycles. The predicted molar refractivity (Wildman–Crippen MR) is 99.4 cm³/mol. The molecule has 2 N–H and O–H groups in total. The van der Waals surface area contributed by atoms with Crippen molar-refractivity contribution in [3.8, 4) is 11.8 Å². The molecular formula is C15H18F2N4O6S2. The van der Waals surface area contributed by atoms with Gasteiger partial charge < -0.3 is 10.1 Å². The Morgan fingerprint density at radius 3 is 2.55 bits per heavy atom. The molecule has 10 nitrogen and oxygen atoms in total. The Labute approximate surface area is 166 Å². The number of nitriles is 1. The van der Waals surface area contributed by atoms with Gasteiger partial charge in [-0.15, -0.1) is 0 Å². The van der Waals surface area contributed by atoms with E-state index in [0.29, 0.717) is 6.34 Å². The lowest BCUT2D eigenvalue weighted by molar-refractivity contribution is -0.121. The van der Waals surface area contributed by atoms with E-state index in [2.05, 4.69) is 15.0 Å². The molecule has 1 rings (SSSR count). The largest absolute Gasteiger partial charge is 0.435 e. The summed E-state index contributed by atoms with van der Waals surface area (Å²) in [5.41, 5.74) is -0.0535. The number of aliphatic imine (C=N–C) groups is 1. The fourth-order valence-corrected chi connectivity index (χ4v) is 3.82. The first-order chi connectivity index (χ1) is 13.4. The zero-order chi connectivity index (χ0) is 22.1. The summed E-state index contributed by atoms with van der Waals surface area (Å²) in [5, 5.41) is 10.6. The van der Waals surface area contributed by atoms with Crippen LogP contribution in [0.3, 0.4) is 0 Å². The fraction of sp³-hybridized carbons (Fsp3) is 0.400. The van der Waals surface area contributed by atoms with Gasteiger partial charge in [-0.3, -0.25) is 14.5 Å². The summed E-state index contributed by atoms with van der Waals surface area (Å²) in [6.45, 7) is -3.58. The molecule has 0 spiro atoms. The predicted octanol–water partition coefficient (Wildman–Crippen LogP) is -0.211. The van der Waals surface area contributed by atoms with Crippen molar-refractivity contribution in [1.29, 1.82) is 5.26 Å². The highest BCUT2D eigenvalue weighted by Gasteiger charge is 2.26. The monoisotopic (exact) mass is 452 g/mol. The van der Waals surface area contributed by atoms with E-state index in [9.17, 15) is 30.4 Å². The summed E-state index contributed by atoms with van der Waals surface area (Å²) in [6.07, 6.45) is 1.47. The number of carbonyl (C=O) groups is 1. The summed E-state index contributed by atoms with van der Waals surface area (Å²) < 4.78 is 78.2. The number of alkyl halides is 2. The van der Waals surface area contributed by atoms with Crippen LogP contribution < -0.4 is 14.8 Å². The molecule has 160 valence electrons. The number of carbonyl (C=O) groups excluding carboxylic acids is 1. The maximum absolute atomic E-state index is 12.5. The van der Waals surface area contributed by atoms with Crippen LogP contribution in [0.4, 0.5) is 8.78 Å². The topological polar surface area (TPSA) is 155 Å². The first kappa shape index (κ1) is 24.2. The van der Waals surface area contributed by atoms with Crippen molar-refractivity contribution in [3.63, 3.8) is 0 Å². The molecule has 0 aliphatic heterocycles. The number of hydrogen-bond donors (Lipinski definition) is 2. The lowest BCUT2D eigenvalue weighted by Gasteiger charge is -2.14. The molecule has 1 amide bonds. The van der Waals surface area contributed by atoms with Gasteiger partial charge in [0, 0.05) is 5.56 Å². The number of amides is 1. The standard InChI is InChI=1S/C15H18F2N4O6S2/c1-28(23,24)21-10-20-12(14(22)19-7-6-18)9-29(25,26)8-11-4-2-3-5-13(11)27-15(16)17/h2-5,10,12,15H,7-9H2,1H3,(H,19,22)(H,20,21)/t12-/m0/s1. The average Bonchev–Trinajstić information content (AvgIpc) is 2.58. The highest BCUT2D eigenvalue weighted by molar-refractivity contribution is 7.90. The molecule has 0 bridgehead atoms. The molecule has 1 aromatic rings. The van der Waals surface area contributed by atoms with Gasteiger partial charge in [0.05, 0.1) is 30.2 Å². The molecule has 0 aromatic heterocycles. The second kappa shape index (κ2) is 10.7. The molecule has 1 atom stereocenters. The molecule has 0 saturated heterocycles. The number of sulfone groups is 1. The Bertz CT molecular complexity index is 990. The van der Waals surface area contributed by atoms with Crippen LogP contribution in [-0.2, 0) is 30.4 Å². The zero-order valence-electron chi connectivity index (χ0n) is 15.1. The Morgan fingerprint density at radius 2 is 1.97 bits per heavy atom. The summed E-state index contributed by atoms with van der Waals surface area (Å²) >= 11 is 0. The summed E-state index contributed by atoms with van der Waals surface area (Å²) in [6, 6.07) is 5.30. The van der Waals surface area contributed by atoms with Crippen molar-refractivity contribution in [2.24, 2.45) is 4.99 Å². The first-order valence-electron chi connectivity index (χ1n) is 7.80. The van der Waals surface area contributed by atoms with Crippen molar-refractivity contribution in [3.05, 3.63) is 29.8 Å². The number of ether oxygens (including phenoxy) is 1. The molecule has 1 aromatic carbocycles. The van der Waals surface area contributed by atoms with Crippen LogP contribution in [0, 0.1) is 11.3 Å². The van der Waals surface area contributed by atoms with Gasteiger partial charge in [-0.1, -0.05) is 18.2 Å². The van der Waals surface area contributed by atoms with Gasteiger partial charge in [-0.05, 0) is 6.07 Å². The number of hydrogen-bond acceptors (Lipinski definition) is 8. The van der Waals surface area contributed by atoms with Crippen LogP contribution in [0.5, 0.6) is 5.75 Å². The van der Waals surface area contributed by atoms with Crippen LogP contribution in [0.2, 0.25) is 0 Å². The maximum atomic E-state index is 12.5.